The minimum absolute atomic E-state index is 0.341. The molecular formula is C16H19NO. The molecule has 2 nitrogen and oxygen atoms in total. The molecule has 18 heavy (non-hydrogen) atoms. The number of hydrogen-bond donors (Lipinski definition) is 1. The SMILES string of the molecule is CC(C)(N)c1cccc(OCc2ccccc2)c1. The molecule has 0 spiro atoms. The second-order valence-electron chi connectivity index (χ2n) is 5.02. The third-order valence-corrected chi connectivity index (χ3v) is 2.83. The van der Waals surface area contributed by atoms with Crippen LogP contribution in [0, 0.1) is 0 Å². The molecule has 2 heteroatoms. The van der Waals surface area contributed by atoms with Crippen molar-refractivity contribution in [2.24, 2.45) is 5.73 Å². The third kappa shape index (κ3) is 3.34. The van der Waals surface area contributed by atoms with Gasteiger partial charge < -0.3 is 10.5 Å². The molecule has 0 aromatic heterocycles. The number of hydrogen-bond acceptors (Lipinski definition) is 2. The summed E-state index contributed by atoms with van der Waals surface area (Å²) in [4.78, 5) is 0. The van der Waals surface area contributed by atoms with E-state index in [1.807, 2.05) is 56.3 Å². The summed E-state index contributed by atoms with van der Waals surface area (Å²) < 4.78 is 5.77. The van der Waals surface area contributed by atoms with Gasteiger partial charge in [-0.2, -0.15) is 0 Å². The van der Waals surface area contributed by atoms with E-state index in [1.54, 1.807) is 0 Å². The van der Waals surface area contributed by atoms with E-state index in [2.05, 4.69) is 12.1 Å². The summed E-state index contributed by atoms with van der Waals surface area (Å²) in [7, 11) is 0. The quantitative estimate of drug-likeness (QED) is 0.889. The average molecular weight is 241 g/mol. The van der Waals surface area contributed by atoms with Crippen molar-refractivity contribution in [2.45, 2.75) is 26.0 Å². The minimum Gasteiger partial charge on any atom is -0.489 e. The van der Waals surface area contributed by atoms with Gasteiger partial charge in [0.15, 0.2) is 0 Å². The summed E-state index contributed by atoms with van der Waals surface area (Å²) in [6.07, 6.45) is 0. The standard InChI is InChI=1S/C16H19NO/c1-16(2,17)14-9-6-10-15(11-14)18-12-13-7-4-3-5-8-13/h3-11H,12,17H2,1-2H3. The Morgan fingerprint density at radius 3 is 2.39 bits per heavy atom. The largest absolute Gasteiger partial charge is 0.489 e. The van der Waals surface area contributed by atoms with E-state index < -0.39 is 0 Å². The topological polar surface area (TPSA) is 35.2 Å². The highest BCUT2D eigenvalue weighted by Crippen LogP contribution is 2.22. The number of benzene rings is 2. The first-order valence-electron chi connectivity index (χ1n) is 6.12. The Bertz CT molecular complexity index is 500. The summed E-state index contributed by atoms with van der Waals surface area (Å²) in [6.45, 7) is 4.56. The van der Waals surface area contributed by atoms with Crippen molar-refractivity contribution < 1.29 is 4.74 Å². The van der Waals surface area contributed by atoms with Crippen LogP contribution in [0.25, 0.3) is 0 Å². The fraction of sp³-hybridized carbons (Fsp3) is 0.250. The number of rotatable bonds is 4. The van der Waals surface area contributed by atoms with Gasteiger partial charge in [0.1, 0.15) is 12.4 Å². The first kappa shape index (κ1) is 12.7. The molecule has 0 fully saturated rings. The molecule has 94 valence electrons. The van der Waals surface area contributed by atoms with Gasteiger partial charge >= 0.3 is 0 Å². The van der Waals surface area contributed by atoms with Crippen LogP contribution in [-0.2, 0) is 12.1 Å². The highest BCUT2D eigenvalue weighted by atomic mass is 16.5. The maximum absolute atomic E-state index is 6.08. The van der Waals surface area contributed by atoms with Crippen molar-refractivity contribution >= 4 is 0 Å². The predicted molar refractivity (Wildman–Crippen MR) is 74.4 cm³/mol. The van der Waals surface area contributed by atoms with Crippen LogP contribution in [0.2, 0.25) is 0 Å². The predicted octanol–water partition coefficient (Wildman–Crippen LogP) is 3.46. The Kier molecular flexibility index (Phi) is 3.68. The number of nitrogens with two attached hydrogens (primary N) is 1. The van der Waals surface area contributed by atoms with E-state index in [-0.39, 0.29) is 5.54 Å². The van der Waals surface area contributed by atoms with E-state index in [0.717, 1.165) is 16.9 Å². The molecule has 2 rings (SSSR count). The zero-order chi connectivity index (χ0) is 13.0. The zero-order valence-electron chi connectivity index (χ0n) is 10.9. The van der Waals surface area contributed by atoms with Crippen LogP contribution < -0.4 is 10.5 Å². The Morgan fingerprint density at radius 1 is 1.00 bits per heavy atom. The smallest absolute Gasteiger partial charge is 0.120 e. The van der Waals surface area contributed by atoms with E-state index >= 15 is 0 Å². The van der Waals surface area contributed by atoms with E-state index in [1.165, 1.54) is 0 Å². The van der Waals surface area contributed by atoms with E-state index in [4.69, 9.17) is 10.5 Å². The molecule has 0 atom stereocenters. The van der Waals surface area contributed by atoms with Gasteiger partial charge in [-0.05, 0) is 37.1 Å². The molecule has 0 unspecified atom stereocenters. The van der Waals surface area contributed by atoms with E-state index in [9.17, 15) is 0 Å². The second kappa shape index (κ2) is 5.23. The monoisotopic (exact) mass is 241 g/mol. The molecule has 0 aliphatic carbocycles. The molecule has 0 radical (unpaired) electrons. The van der Waals surface area contributed by atoms with Crippen LogP contribution in [0.4, 0.5) is 0 Å². The van der Waals surface area contributed by atoms with Crippen LogP contribution in [0.3, 0.4) is 0 Å². The highest BCUT2D eigenvalue weighted by molar-refractivity contribution is 5.32. The van der Waals surface area contributed by atoms with Gasteiger partial charge in [-0.1, -0.05) is 42.5 Å². The molecule has 0 saturated heterocycles. The maximum atomic E-state index is 6.08. The summed E-state index contributed by atoms with van der Waals surface area (Å²) in [5, 5.41) is 0. The lowest BCUT2D eigenvalue weighted by Crippen LogP contribution is -2.28. The third-order valence-electron chi connectivity index (χ3n) is 2.83. The molecule has 2 N–H and O–H groups in total. The summed E-state index contributed by atoms with van der Waals surface area (Å²) >= 11 is 0. The van der Waals surface area contributed by atoms with Gasteiger partial charge in [-0.3, -0.25) is 0 Å². The molecule has 0 aliphatic heterocycles. The van der Waals surface area contributed by atoms with Crippen molar-refractivity contribution in [3.8, 4) is 5.75 Å². The van der Waals surface area contributed by atoms with Crippen LogP contribution in [0.5, 0.6) is 5.75 Å². The molecule has 2 aromatic carbocycles. The molecule has 0 saturated carbocycles. The van der Waals surface area contributed by atoms with Gasteiger partial charge in [-0.25, -0.2) is 0 Å². The van der Waals surface area contributed by atoms with Crippen LogP contribution in [-0.4, -0.2) is 0 Å². The summed E-state index contributed by atoms with van der Waals surface area (Å²) in [5.74, 6) is 0.856. The summed E-state index contributed by atoms with van der Waals surface area (Å²) in [5.41, 5.74) is 7.98. The van der Waals surface area contributed by atoms with Gasteiger partial charge in [0, 0.05) is 5.54 Å². The Balaban J connectivity index is 2.06. The molecule has 0 amide bonds. The maximum Gasteiger partial charge on any atom is 0.120 e. The lowest BCUT2D eigenvalue weighted by Gasteiger charge is -2.19. The van der Waals surface area contributed by atoms with Gasteiger partial charge in [0.05, 0.1) is 0 Å². The van der Waals surface area contributed by atoms with Crippen LogP contribution >= 0.6 is 0 Å². The molecule has 0 heterocycles. The van der Waals surface area contributed by atoms with Crippen molar-refractivity contribution in [1.82, 2.24) is 0 Å². The molecular weight excluding hydrogens is 222 g/mol. The van der Waals surface area contributed by atoms with Gasteiger partial charge in [0.25, 0.3) is 0 Å². The summed E-state index contributed by atoms with van der Waals surface area (Å²) in [6, 6.07) is 18.1. The van der Waals surface area contributed by atoms with Crippen molar-refractivity contribution in [2.75, 3.05) is 0 Å². The Morgan fingerprint density at radius 2 is 1.72 bits per heavy atom. The highest BCUT2D eigenvalue weighted by Gasteiger charge is 2.14. The van der Waals surface area contributed by atoms with Crippen molar-refractivity contribution in [3.05, 3.63) is 65.7 Å². The first-order chi connectivity index (χ1) is 8.55. The second-order valence-corrected chi connectivity index (χ2v) is 5.02. The van der Waals surface area contributed by atoms with Crippen LogP contribution in [0.1, 0.15) is 25.0 Å². The number of ether oxygens (including phenoxy) is 1. The fourth-order valence-corrected chi connectivity index (χ4v) is 1.73. The normalized spacial score (nSPS) is 11.3. The lowest BCUT2D eigenvalue weighted by molar-refractivity contribution is 0.305. The Hall–Kier alpha value is -1.80. The van der Waals surface area contributed by atoms with Crippen molar-refractivity contribution in [3.63, 3.8) is 0 Å². The first-order valence-corrected chi connectivity index (χ1v) is 6.12. The minimum atomic E-state index is -0.341. The fourth-order valence-electron chi connectivity index (χ4n) is 1.73. The molecule has 0 aliphatic rings. The van der Waals surface area contributed by atoms with Gasteiger partial charge in [-0.15, -0.1) is 0 Å². The van der Waals surface area contributed by atoms with Crippen molar-refractivity contribution in [1.29, 1.82) is 0 Å². The molecule has 0 bridgehead atoms. The molecule has 2 aromatic rings. The van der Waals surface area contributed by atoms with Crippen LogP contribution in [0.15, 0.2) is 54.6 Å². The van der Waals surface area contributed by atoms with Gasteiger partial charge in [0.2, 0.25) is 0 Å². The zero-order valence-corrected chi connectivity index (χ0v) is 10.9. The lowest BCUT2D eigenvalue weighted by atomic mass is 9.96. The van der Waals surface area contributed by atoms with E-state index in [0.29, 0.717) is 6.61 Å². The average Bonchev–Trinajstić information content (AvgIpc) is 2.37. The Labute approximate surface area is 108 Å².